The summed E-state index contributed by atoms with van der Waals surface area (Å²) in [6.45, 7) is 6.32. The maximum Gasteiger partial charge on any atom is 0.163 e. The molecule has 0 N–H and O–H groups in total. The molecule has 0 spiro atoms. The molecule has 0 unspecified atom stereocenters. The van der Waals surface area contributed by atoms with E-state index in [-0.39, 0.29) is 5.41 Å². The lowest BCUT2D eigenvalue weighted by Gasteiger charge is -2.18. The topological polar surface area (TPSA) is 62.5 Å². The van der Waals surface area contributed by atoms with E-state index in [1.54, 1.807) is 0 Å². The molecule has 0 atom stereocenters. The van der Waals surface area contributed by atoms with Crippen molar-refractivity contribution in [3.05, 3.63) is 90.3 Å². The van der Waals surface area contributed by atoms with E-state index in [0.717, 1.165) is 28.1 Å². The standard InChI is InChI=1S/C26H22N4/c1-26(2,3)25-29-23(20-8-5-4-6-9-20)28-24(30-25)22-11-7-10-21(16-22)19-14-12-18(17-27)13-15-19/h4-16H,1-3H3. The first-order valence-electron chi connectivity index (χ1n) is 9.87. The van der Waals surface area contributed by atoms with Crippen LogP contribution in [0.15, 0.2) is 78.9 Å². The van der Waals surface area contributed by atoms with Gasteiger partial charge in [0.25, 0.3) is 0 Å². The highest BCUT2D eigenvalue weighted by molar-refractivity contribution is 5.71. The third kappa shape index (κ3) is 4.11. The Bertz CT molecular complexity index is 1210. The van der Waals surface area contributed by atoms with Crippen LogP contribution in [0.4, 0.5) is 0 Å². The van der Waals surface area contributed by atoms with Gasteiger partial charge in [-0.15, -0.1) is 0 Å². The highest BCUT2D eigenvalue weighted by Gasteiger charge is 2.21. The second-order valence-corrected chi connectivity index (χ2v) is 8.19. The van der Waals surface area contributed by atoms with Crippen LogP contribution in [0.1, 0.15) is 32.2 Å². The maximum absolute atomic E-state index is 9.03. The van der Waals surface area contributed by atoms with Crippen LogP contribution in [0, 0.1) is 11.3 Å². The summed E-state index contributed by atoms with van der Waals surface area (Å²) >= 11 is 0. The van der Waals surface area contributed by atoms with Gasteiger partial charge < -0.3 is 0 Å². The van der Waals surface area contributed by atoms with Gasteiger partial charge in [-0.1, -0.05) is 81.4 Å². The van der Waals surface area contributed by atoms with Crippen molar-refractivity contribution in [2.24, 2.45) is 0 Å². The number of hydrogen-bond donors (Lipinski definition) is 0. The molecule has 30 heavy (non-hydrogen) atoms. The molecule has 0 fully saturated rings. The zero-order valence-electron chi connectivity index (χ0n) is 17.3. The van der Waals surface area contributed by atoms with E-state index >= 15 is 0 Å². The largest absolute Gasteiger partial charge is 0.212 e. The zero-order chi connectivity index (χ0) is 21.1. The molecule has 1 aromatic heterocycles. The molecule has 0 bridgehead atoms. The fourth-order valence-electron chi connectivity index (χ4n) is 3.13. The van der Waals surface area contributed by atoms with Gasteiger partial charge in [0.15, 0.2) is 11.6 Å². The molecule has 4 nitrogen and oxygen atoms in total. The molecule has 146 valence electrons. The fourth-order valence-corrected chi connectivity index (χ4v) is 3.13. The molecule has 0 saturated carbocycles. The van der Waals surface area contributed by atoms with Gasteiger partial charge in [-0.3, -0.25) is 0 Å². The Balaban J connectivity index is 1.82. The monoisotopic (exact) mass is 390 g/mol. The van der Waals surface area contributed by atoms with Crippen molar-refractivity contribution in [3.63, 3.8) is 0 Å². The van der Waals surface area contributed by atoms with Crippen LogP contribution >= 0.6 is 0 Å². The van der Waals surface area contributed by atoms with Crippen LogP contribution in [0.2, 0.25) is 0 Å². The Morgan fingerprint density at radius 3 is 1.87 bits per heavy atom. The fraction of sp³-hybridized carbons (Fsp3) is 0.154. The third-order valence-electron chi connectivity index (χ3n) is 4.81. The van der Waals surface area contributed by atoms with Gasteiger partial charge in [0.1, 0.15) is 5.82 Å². The zero-order valence-corrected chi connectivity index (χ0v) is 17.3. The van der Waals surface area contributed by atoms with Gasteiger partial charge in [0.05, 0.1) is 11.6 Å². The second kappa shape index (κ2) is 7.88. The van der Waals surface area contributed by atoms with E-state index in [1.807, 2.05) is 66.7 Å². The van der Waals surface area contributed by atoms with Crippen molar-refractivity contribution in [1.82, 2.24) is 15.0 Å². The first-order valence-corrected chi connectivity index (χ1v) is 9.87. The number of rotatable bonds is 3. The Morgan fingerprint density at radius 2 is 1.23 bits per heavy atom. The summed E-state index contributed by atoms with van der Waals surface area (Å²) in [5.74, 6) is 2.09. The molecule has 0 amide bonds. The normalized spacial score (nSPS) is 11.1. The highest BCUT2D eigenvalue weighted by atomic mass is 15.0. The molecule has 0 aliphatic carbocycles. The summed E-state index contributed by atoms with van der Waals surface area (Å²) in [6, 6.07) is 27.9. The van der Waals surface area contributed by atoms with Gasteiger partial charge in [-0.05, 0) is 29.3 Å². The summed E-state index contributed by atoms with van der Waals surface area (Å²) in [7, 11) is 0. The summed E-state index contributed by atoms with van der Waals surface area (Å²) in [4.78, 5) is 14.3. The average molecular weight is 390 g/mol. The Morgan fingerprint density at radius 1 is 0.633 bits per heavy atom. The van der Waals surface area contributed by atoms with Crippen LogP contribution in [-0.2, 0) is 5.41 Å². The van der Waals surface area contributed by atoms with Crippen LogP contribution in [0.25, 0.3) is 33.9 Å². The molecular weight excluding hydrogens is 368 g/mol. The van der Waals surface area contributed by atoms with Gasteiger partial charge in [0.2, 0.25) is 0 Å². The van der Waals surface area contributed by atoms with E-state index in [1.165, 1.54) is 0 Å². The Labute approximate surface area is 176 Å². The molecule has 4 aromatic rings. The third-order valence-corrected chi connectivity index (χ3v) is 4.81. The number of aromatic nitrogens is 3. The quantitative estimate of drug-likeness (QED) is 0.428. The molecule has 3 aromatic carbocycles. The van der Waals surface area contributed by atoms with E-state index in [2.05, 4.69) is 39.0 Å². The van der Waals surface area contributed by atoms with Gasteiger partial charge >= 0.3 is 0 Å². The highest BCUT2D eigenvalue weighted by Crippen LogP contribution is 2.28. The summed E-state index contributed by atoms with van der Waals surface area (Å²) in [5, 5.41) is 9.03. The molecule has 0 aliphatic rings. The summed E-state index contributed by atoms with van der Waals surface area (Å²) in [5.41, 5.74) is 4.44. The Kier molecular flexibility index (Phi) is 5.12. The predicted molar refractivity (Wildman–Crippen MR) is 120 cm³/mol. The molecular formula is C26H22N4. The lowest BCUT2D eigenvalue weighted by molar-refractivity contribution is 0.543. The molecule has 4 rings (SSSR count). The number of nitriles is 1. The minimum Gasteiger partial charge on any atom is -0.212 e. The van der Waals surface area contributed by atoms with Crippen molar-refractivity contribution < 1.29 is 0 Å². The van der Waals surface area contributed by atoms with Crippen LogP contribution in [-0.4, -0.2) is 15.0 Å². The SMILES string of the molecule is CC(C)(C)c1nc(-c2ccccc2)nc(-c2cccc(-c3ccc(C#N)cc3)c2)n1. The van der Waals surface area contributed by atoms with Gasteiger partial charge in [-0.2, -0.15) is 5.26 Å². The number of nitrogens with zero attached hydrogens (tertiary/aromatic N) is 4. The predicted octanol–water partition coefficient (Wildman–Crippen LogP) is 6.04. The maximum atomic E-state index is 9.03. The number of hydrogen-bond acceptors (Lipinski definition) is 4. The molecule has 1 heterocycles. The van der Waals surface area contributed by atoms with E-state index in [0.29, 0.717) is 17.2 Å². The van der Waals surface area contributed by atoms with Crippen molar-refractivity contribution >= 4 is 0 Å². The molecule has 0 radical (unpaired) electrons. The molecule has 4 heteroatoms. The van der Waals surface area contributed by atoms with Gasteiger partial charge in [-0.25, -0.2) is 15.0 Å². The first-order chi connectivity index (χ1) is 14.4. The average Bonchev–Trinajstić information content (AvgIpc) is 2.79. The summed E-state index contributed by atoms with van der Waals surface area (Å²) < 4.78 is 0. The van der Waals surface area contributed by atoms with Crippen LogP contribution in [0.5, 0.6) is 0 Å². The van der Waals surface area contributed by atoms with Crippen molar-refractivity contribution in [3.8, 4) is 40.0 Å². The minimum atomic E-state index is -0.202. The molecule has 0 saturated heterocycles. The van der Waals surface area contributed by atoms with Crippen molar-refractivity contribution in [1.29, 1.82) is 5.26 Å². The molecule has 0 aliphatic heterocycles. The Hall–Kier alpha value is -3.84. The smallest absolute Gasteiger partial charge is 0.163 e. The second-order valence-electron chi connectivity index (χ2n) is 8.19. The van der Waals surface area contributed by atoms with Crippen molar-refractivity contribution in [2.75, 3.05) is 0 Å². The number of benzene rings is 3. The van der Waals surface area contributed by atoms with Crippen LogP contribution in [0.3, 0.4) is 0 Å². The van der Waals surface area contributed by atoms with Crippen LogP contribution < -0.4 is 0 Å². The first kappa shape index (κ1) is 19.5. The van der Waals surface area contributed by atoms with E-state index < -0.39 is 0 Å². The van der Waals surface area contributed by atoms with Crippen molar-refractivity contribution in [2.45, 2.75) is 26.2 Å². The lowest BCUT2D eigenvalue weighted by atomic mass is 9.95. The lowest BCUT2D eigenvalue weighted by Crippen LogP contribution is -2.18. The van der Waals surface area contributed by atoms with Gasteiger partial charge in [0, 0.05) is 16.5 Å². The van der Waals surface area contributed by atoms with E-state index in [9.17, 15) is 0 Å². The minimum absolute atomic E-state index is 0.202. The van der Waals surface area contributed by atoms with E-state index in [4.69, 9.17) is 20.2 Å². The summed E-state index contributed by atoms with van der Waals surface area (Å²) in [6.07, 6.45) is 0.